The molecule has 0 aromatic heterocycles. The van der Waals surface area contributed by atoms with Crippen LogP contribution in [0.4, 0.5) is 0 Å². The van der Waals surface area contributed by atoms with Crippen molar-refractivity contribution < 1.29 is 0 Å². The quantitative estimate of drug-likeness (QED) is 0.379. The van der Waals surface area contributed by atoms with Gasteiger partial charge in [-0.25, -0.2) is 0 Å². The lowest BCUT2D eigenvalue weighted by Crippen LogP contribution is -1.72. The molecule has 0 heteroatoms. The summed E-state index contributed by atoms with van der Waals surface area (Å²) < 4.78 is 0. The van der Waals surface area contributed by atoms with E-state index >= 15 is 0 Å². The summed E-state index contributed by atoms with van der Waals surface area (Å²) in [7, 11) is 0. The first kappa shape index (κ1) is 12.2. The zero-order valence-electron chi connectivity index (χ0n) is 8.71. The SMILES string of the molecule is [CH]=CCC=CC=CCCCCCC. The maximum atomic E-state index is 5.22. The second-order valence-electron chi connectivity index (χ2n) is 3.18. The van der Waals surface area contributed by atoms with Gasteiger partial charge in [0.15, 0.2) is 0 Å². The minimum Gasteiger partial charge on any atom is -0.0845 e. The molecule has 0 atom stereocenters. The van der Waals surface area contributed by atoms with Crippen molar-refractivity contribution in [2.45, 2.75) is 45.4 Å². The molecule has 0 aliphatic heterocycles. The highest BCUT2D eigenvalue weighted by Crippen LogP contribution is 2.02. The number of hydrogen-bond donors (Lipinski definition) is 0. The molecule has 0 amide bonds. The Bertz CT molecular complexity index is 151. The molecule has 0 bridgehead atoms. The average molecular weight is 177 g/mol. The van der Waals surface area contributed by atoms with Gasteiger partial charge >= 0.3 is 0 Å². The maximum Gasteiger partial charge on any atom is -0.0163 e. The van der Waals surface area contributed by atoms with Crippen LogP contribution in [0.5, 0.6) is 0 Å². The summed E-state index contributed by atoms with van der Waals surface area (Å²) in [6.07, 6.45) is 17.5. The molecular weight excluding hydrogens is 156 g/mol. The molecule has 0 nitrogen and oxygen atoms in total. The fourth-order valence-corrected chi connectivity index (χ4v) is 1.10. The minimum absolute atomic E-state index is 0.861. The van der Waals surface area contributed by atoms with E-state index in [0.717, 1.165) is 6.42 Å². The maximum absolute atomic E-state index is 5.22. The second-order valence-corrected chi connectivity index (χ2v) is 3.18. The topological polar surface area (TPSA) is 0 Å². The molecule has 13 heavy (non-hydrogen) atoms. The van der Waals surface area contributed by atoms with E-state index in [1.807, 2.05) is 0 Å². The van der Waals surface area contributed by atoms with Crippen molar-refractivity contribution in [1.82, 2.24) is 0 Å². The lowest BCUT2D eigenvalue weighted by Gasteiger charge is -1.92. The summed E-state index contributed by atoms with van der Waals surface area (Å²) in [6, 6.07) is 0. The van der Waals surface area contributed by atoms with Gasteiger partial charge in [-0.15, -0.1) is 0 Å². The second kappa shape index (κ2) is 11.2. The predicted molar refractivity (Wildman–Crippen MR) is 60.5 cm³/mol. The van der Waals surface area contributed by atoms with E-state index < -0.39 is 0 Å². The van der Waals surface area contributed by atoms with E-state index in [1.165, 1.54) is 32.1 Å². The summed E-state index contributed by atoms with van der Waals surface area (Å²) >= 11 is 0. The van der Waals surface area contributed by atoms with Crippen molar-refractivity contribution in [3.63, 3.8) is 0 Å². The minimum atomic E-state index is 0.861. The van der Waals surface area contributed by atoms with Crippen LogP contribution >= 0.6 is 0 Å². The molecule has 0 saturated carbocycles. The molecule has 0 heterocycles. The highest BCUT2D eigenvalue weighted by atomic mass is 13.9. The number of rotatable bonds is 8. The molecule has 0 rings (SSSR count). The third kappa shape index (κ3) is 11.2. The van der Waals surface area contributed by atoms with Crippen LogP contribution in [-0.4, -0.2) is 0 Å². The molecule has 1 radical (unpaired) electrons. The van der Waals surface area contributed by atoms with Gasteiger partial charge in [0.1, 0.15) is 0 Å². The lowest BCUT2D eigenvalue weighted by atomic mass is 10.1. The number of hydrogen-bond acceptors (Lipinski definition) is 0. The Morgan fingerprint density at radius 2 is 1.77 bits per heavy atom. The molecular formula is C13H21. The monoisotopic (exact) mass is 177 g/mol. The van der Waals surface area contributed by atoms with Crippen LogP contribution < -0.4 is 0 Å². The normalized spacial score (nSPS) is 11.5. The lowest BCUT2D eigenvalue weighted by molar-refractivity contribution is 0.674. The van der Waals surface area contributed by atoms with Gasteiger partial charge in [0.25, 0.3) is 0 Å². The summed E-state index contributed by atoms with van der Waals surface area (Å²) in [5, 5.41) is 0. The van der Waals surface area contributed by atoms with Gasteiger partial charge in [0, 0.05) is 0 Å². The van der Waals surface area contributed by atoms with Crippen LogP contribution in [0.15, 0.2) is 30.4 Å². The van der Waals surface area contributed by atoms with Gasteiger partial charge < -0.3 is 0 Å². The highest BCUT2D eigenvalue weighted by Gasteiger charge is 1.82. The Kier molecular flexibility index (Phi) is 10.5. The highest BCUT2D eigenvalue weighted by molar-refractivity contribution is 5.03. The van der Waals surface area contributed by atoms with Gasteiger partial charge in [-0.3, -0.25) is 0 Å². The van der Waals surface area contributed by atoms with Gasteiger partial charge in [-0.2, -0.15) is 0 Å². The zero-order chi connectivity index (χ0) is 9.78. The Morgan fingerprint density at radius 1 is 1.00 bits per heavy atom. The van der Waals surface area contributed by atoms with E-state index in [0.29, 0.717) is 0 Å². The molecule has 0 unspecified atom stereocenters. The average Bonchev–Trinajstić information content (AvgIpc) is 2.16. The van der Waals surface area contributed by atoms with Crippen LogP contribution in [-0.2, 0) is 0 Å². The molecule has 0 aliphatic carbocycles. The Hall–Kier alpha value is -0.780. The first-order chi connectivity index (χ1) is 6.41. The summed E-state index contributed by atoms with van der Waals surface area (Å²) in [5.41, 5.74) is 0. The first-order valence-corrected chi connectivity index (χ1v) is 5.27. The van der Waals surface area contributed by atoms with Crippen molar-refractivity contribution in [1.29, 1.82) is 0 Å². The van der Waals surface area contributed by atoms with Crippen LogP contribution in [0.1, 0.15) is 45.4 Å². The Morgan fingerprint density at radius 3 is 2.46 bits per heavy atom. The third-order valence-electron chi connectivity index (χ3n) is 1.88. The molecule has 0 fully saturated rings. The Balaban J connectivity index is 3.16. The molecule has 0 aromatic carbocycles. The van der Waals surface area contributed by atoms with E-state index in [2.05, 4.69) is 31.2 Å². The van der Waals surface area contributed by atoms with Crippen molar-refractivity contribution in [2.24, 2.45) is 0 Å². The largest absolute Gasteiger partial charge is 0.0845 e. The molecule has 0 N–H and O–H groups in total. The summed E-state index contributed by atoms with van der Waals surface area (Å²) in [5.74, 6) is 0. The fraction of sp³-hybridized carbons (Fsp3) is 0.538. The number of unbranched alkanes of at least 4 members (excludes halogenated alkanes) is 4. The van der Waals surface area contributed by atoms with E-state index in [9.17, 15) is 0 Å². The predicted octanol–water partition coefficient (Wildman–Crippen LogP) is 4.45. The van der Waals surface area contributed by atoms with Gasteiger partial charge in [0.05, 0.1) is 0 Å². The van der Waals surface area contributed by atoms with Crippen molar-refractivity contribution >= 4 is 0 Å². The van der Waals surface area contributed by atoms with Crippen molar-refractivity contribution in [3.05, 3.63) is 37.0 Å². The van der Waals surface area contributed by atoms with Gasteiger partial charge in [0.2, 0.25) is 0 Å². The van der Waals surface area contributed by atoms with Gasteiger partial charge in [-0.05, 0) is 19.3 Å². The standard InChI is InChI=1S/C13H21/c1-3-5-7-9-11-13-12-10-8-6-4-2/h1,3,7,9,11,13H,4-6,8,10,12H2,2H3. The van der Waals surface area contributed by atoms with Gasteiger partial charge in [-0.1, -0.05) is 63.1 Å². The van der Waals surface area contributed by atoms with E-state index in [4.69, 9.17) is 6.58 Å². The molecule has 73 valence electrons. The Labute approximate surface area is 83.0 Å². The van der Waals surface area contributed by atoms with E-state index in [-0.39, 0.29) is 0 Å². The smallest absolute Gasteiger partial charge is 0.0163 e. The molecule has 0 aromatic rings. The summed E-state index contributed by atoms with van der Waals surface area (Å²) in [6.45, 7) is 7.46. The molecule has 0 saturated heterocycles. The van der Waals surface area contributed by atoms with Crippen LogP contribution in [0.25, 0.3) is 0 Å². The zero-order valence-corrected chi connectivity index (χ0v) is 8.71. The fourth-order valence-electron chi connectivity index (χ4n) is 1.10. The van der Waals surface area contributed by atoms with Crippen LogP contribution in [0.2, 0.25) is 0 Å². The van der Waals surface area contributed by atoms with Crippen LogP contribution in [0, 0.1) is 6.58 Å². The molecule has 0 spiro atoms. The third-order valence-corrected chi connectivity index (χ3v) is 1.88. The first-order valence-electron chi connectivity index (χ1n) is 5.27. The number of allylic oxidation sites excluding steroid dienone is 5. The van der Waals surface area contributed by atoms with Crippen molar-refractivity contribution in [2.75, 3.05) is 0 Å². The van der Waals surface area contributed by atoms with E-state index in [1.54, 1.807) is 6.08 Å². The van der Waals surface area contributed by atoms with Crippen LogP contribution in [0.3, 0.4) is 0 Å². The summed E-state index contributed by atoms with van der Waals surface area (Å²) in [4.78, 5) is 0. The van der Waals surface area contributed by atoms with Crippen molar-refractivity contribution in [3.8, 4) is 0 Å². The molecule has 0 aliphatic rings.